The molecule has 0 aromatic carbocycles. The van der Waals surface area contributed by atoms with Crippen molar-refractivity contribution in [2.45, 2.75) is 53.1 Å². The summed E-state index contributed by atoms with van der Waals surface area (Å²) in [6, 6.07) is 0. The van der Waals surface area contributed by atoms with Gasteiger partial charge in [0.15, 0.2) is 0 Å². The van der Waals surface area contributed by atoms with Crippen LogP contribution in [0, 0.1) is 35.5 Å². The highest BCUT2D eigenvalue weighted by Gasteiger charge is 2.66. The van der Waals surface area contributed by atoms with Gasteiger partial charge in [0.25, 0.3) is 5.91 Å². The van der Waals surface area contributed by atoms with Crippen molar-refractivity contribution in [1.82, 2.24) is 9.78 Å². The van der Waals surface area contributed by atoms with Gasteiger partial charge in [-0.3, -0.25) is 4.79 Å². The smallest absolute Gasteiger partial charge is 0.272 e. The molecule has 26 heavy (non-hydrogen) atoms. The van der Waals surface area contributed by atoms with Crippen LogP contribution < -0.4 is 0 Å². The zero-order valence-electron chi connectivity index (χ0n) is 15.4. The van der Waals surface area contributed by atoms with Crippen molar-refractivity contribution < 1.29 is 18.0 Å². The van der Waals surface area contributed by atoms with E-state index < -0.39 is 28.5 Å². The van der Waals surface area contributed by atoms with Crippen molar-refractivity contribution in [2.75, 3.05) is 0 Å². The maximum Gasteiger partial charge on any atom is 0.426 e. The number of hydrogen-bond acceptors (Lipinski definition) is 2. The van der Waals surface area contributed by atoms with Crippen molar-refractivity contribution in [2.24, 2.45) is 28.6 Å². The molecular formula is C19H22ClF3N2O. The van der Waals surface area contributed by atoms with E-state index in [1.807, 2.05) is 6.92 Å². The molecule has 3 aliphatic rings. The van der Waals surface area contributed by atoms with Crippen molar-refractivity contribution in [3.63, 3.8) is 0 Å². The number of fused-ring (bicyclic) bond motifs is 3. The van der Waals surface area contributed by atoms with Gasteiger partial charge in [-0.25, -0.2) is 4.68 Å². The fraction of sp³-hybridized carbons (Fsp3) is 0.684. The van der Waals surface area contributed by atoms with Crippen molar-refractivity contribution >= 4 is 17.5 Å². The third kappa shape index (κ3) is 2.26. The van der Waals surface area contributed by atoms with Crippen LogP contribution in [0.3, 0.4) is 0 Å². The molecule has 0 radical (unpaired) electrons. The predicted molar refractivity (Wildman–Crippen MR) is 92.1 cm³/mol. The van der Waals surface area contributed by atoms with E-state index in [1.54, 1.807) is 13.8 Å². The second kappa shape index (κ2) is 4.94. The van der Waals surface area contributed by atoms with Gasteiger partial charge >= 0.3 is 6.18 Å². The highest BCUT2D eigenvalue weighted by atomic mass is 35.5. The maximum atomic E-state index is 13.1. The molecule has 7 heteroatoms. The van der Waals surface area contributed by atoms with Gasteiger partial charge in [-0.2, -0.15) is 18.3 Å². The van der Waals surface area contributed by atoms with Crippen LogP contribution in [0.2, 0.25) is 0 Å². The average Bonchev–Trinajstić information content (AvgIpc) is 3.05. The van der Waals surface area contributed by atoms with Crippen molar-refractivity contribution in [3.8, 4) is 0 Å². The first-order valence-electron chi connectivity index (χ1n) is 8.86. The summed E-state index contributed by atoms with van der Waals surface area (Å²) in [7, 11) is 0. The number of aromatic nitrogens is 2. The summed E-state index contributed by atoms with van der Waals surface area (Å²) in [6.07, 6.45) is -2.78. The Morgan fingerprint density at radius 2 is 1.88 bits per heavy atom. The number of carbonyl (C=O) groups is 1. The van der Waals surface area contributed by atoms with Crippen molar-refractivity contribution in [3.05, 3.63) is 28.1 Å². The highest BCUT2D eigenvalue weighted by molar-refractivity contribution is 6.30. The molecule has 0 unspecified atom stereocenters. The number of halogens is 4. The van der Waals surface area contributed by atoms with Gasteiger partial charge in [-0.15, -0.1) is 0 Å². The molecular weight excluding hydrogens is 365 g/mol. The minimum atomic E-state index is -4.58. The van der Waals surface area contributed by atoms with Gasteiger partial charge < -0.3 is 0 Å². The summed E-state index contributed by atoms with van der Waals surface area (Å²) >= 11 is 5.39. The molecule has 2 fully saturated rings. The number of hydrogen-bond donors (Lipinski definition) is 0. The summed E-state index contributed by atoms with van der Waals surface area (Å²) in [4.78, 5) is 13.1. The Morgan fingerprint density at radius 1 is 1.27 bits per heavy atom. The molecule has 1 aromatic rings. The lowest BCUT2D eigenvalue weighted by Gasteiger charge is -2.10. The van der Waals surface area contributed by atoms with E-state index in [0.29, 0.717) is 11.8 Å². The van der Waals surface area contributed by atoms with Crippen LogP contribution in [0.4, 0.5) is 13.2 Å². The third-order valence-corrected chi connectivity index (χ3v) is 7.30. The van der Waals surface area contributed by atoms with Gasteiger partial charge in [0.1, 0.15) is 5.03 Å². The quantitative estimate of drug-likeness (QED) is 0.710. The molecule has 0 bridgehead atoms. The van der Waals surface area contributed by atoms with Crippen LogP contribution in [0.1, 0.15) is 55.4 Å². The lowest BCUT2D eigenvalue weighted by molar-refractivity contribution is -0.0848. The maximum absolute atomic E-state index is 13.1. The van der Waals surface area contributed by atoms with E-state index in [0.717, 1.165) is 23.9 Å². The molecule has 1 heterocycles. The molecule has 0 spiro atoms. The topological polar surface area (TPSA) is 34.9 Å². The Bertz CT molecular complexity index is 850. The molecule has 3 aliphatic carbocycles. The molecule has 1 aromatic heterocycles. The third-order valence-electron chi connectivity index (χ3n) is 6.96. The van der Waals surface area contributed by atoms with E-state index in [4.69, 9.17) is 11.6 Å². The number of nitrogens with zero attached hydrogens (tertiary/aromatic N) is 2. The Balaban J connectivity index is 1.63. The minimum absolute atomic E-state index is 0.216. The number of rotatable bonds is 2. The molecule has 0 aliphatic heterocycles. The lowest BCUT2D eigenvalue weighted by Crippen LogP contribution is -2.20. The van der Waals surface area contributed by atoms with E-state index in [1.165, 1.54) is 10.2 Å². The number of aryl methyl sites for hydroxylation is 1. The Kier molecular flexibility index (Phi) is 3.44. The summed E-state index contributed by atoms with van der Waals surface area (Å²) < 4.78 is 39.7. The van der Waals surface area contributed by atoms with Crippen molar-refractivity contribution in [1.29, 1.82) is 0 Å². The zero-order chi connectivity index (χ0) is 19.4. The average molecular weight is 387 g/mol. The van der Waals surface area contributed by atoms with Crippen LogP contribution in [-0.2, 0) is 6.42 Å². The normalized spacial score (nSPS) is 33.7. The number of alkyl halides is 3. The SMILES string of the molecule is Cc1nn(C(=O)[C@@H]2[C@@H](/C=C(\Cl)C(F)(F)F)C2(C)C)c2c1[C@H]1[C@@H](C2)C1(C)C. The van der Waals surface area contributed by atoms with Crippen LogP contribution in [0.25, 0.3) is 0 Å². The first-order chi connectivity index (χ1) is 11.8. The first kappa shape index (κ1) is 18.1. The largest absolute Gasteiger partial charge is 0.426 e. The van der Waals surface area contributed by atoms with Crippen LogP contribution >= 0.6 is 11.6 Å². The van der Waals surface area contributed by atoms with E-state index >= 15 is 0 Å². The predicted octanol–water partition coefficient (Wildman–Crippen LogP) is 5.08. The van der Waals surface area contributed by atoms with Gasteiger partial charge in [0.05, 0.1) is 17.3 Å². The number of carbonyl (C=O) groups excluding carboxylic acids is 1. The Labute approximate surface area is 155 Å². The van der Waals surface area contributed by atoms with E-state index in [9.17, 15) is 18.0 Å². The van der Waals surface area contributed by atoms with Crippen LogP contribution in [0.15, 0.2) is 11.1 Å². The molecule has 4 atom stereocenters. The molecule has 0 N–H and O–H groups in total. The Hall–Kier alpha value is -1.30. The number of allylic oxidation sites excluding steroid dienone is 2. The molecule has 3 nitrogen and oxygen atoms in total. The van der Waals surface area contributed by atoms with Crippen LogP contribution in [0.5, 0.6) is 0 Å². The summed E-state index contributed by atoms with van der Waals surface area (Å²) in [5, 5.41) is 3.30. The summed E-state index contributed by atoms with van der Waals surface area (Å²) in [6.45, 7) is 9.97. The van der Waals surface area contributed by atoms with Gasteiger partial charge in [0, 0.05) is 5.56 Å². The van der Waals surface area contributed by atoms with Gasteiger partial charge in [-0.1, -0.05) is 45.4 Å². The van der Waals surface area contributed by atoms with Gasteiger partial charge in [0.2, 0.25) is 0 Å². The minimum Gasteiger partial charge on any atom is -0.272 e. The highest BCUT2D eigenvalue weighted by Crippen LogP contribution is 2.70. The fourth-order valence-electron chi connectivity index (χ4n) is 5.12. The first-order valence-corrected chi connectivity index (χ1v) is 9.24. The molecule has 2 saturated carbocycles. The lowest BCUT2D eigenvalue weighted by atomic mass is 9.98. The van der Waals surface area contributed by atoms with E-state index in [-0.39, 0.29) is 11.3 Å². The second-order valence-electron chi connectivity index (χ2n) is 9.14. The molecule has 0 amide bonds. The Morgan fingerprint density at radius 3 is 2.46 bits per heavy atom. The standard InChI is InChI=1S/C19H22ClF3N2O/c1-8-13-11(6-9-14(13)17(9,2)3)25(24-8)16(26)15-10(18(15,4)5)7-12(20)19(21,22)23/h7,9-10,14-15H,6H2,1-5H3/b12-7-/t9-,10-,14-,15+/m1/s1. The second-order valence-corrected chi connectivity index (χ2v) is 9.55. The molecule has 4 rings (SSSR count). The zero-order valence-corrected chi connectivity index (χ0v) is 16.2. The fourth-order valence-corrected chi connectivity index (χ4v) is 5.26. The molecule has 0 saturated heterocycles. The summed E-state index contributed by atoms with van der Waals surface area (Å²) in [5.74, 6) is -0.299. The molecule has 142 valence electrons. The van der Waals surface area contributed by atoms with Crippen LogP contribution in [-0.4, -0.2) is 21.9 Å². The van der Waals surface area contributed by atoms with E-state index in [2.05, 4.69) is 18.9 Å². The van der Waals surface area contributed by atoms with Gasteiger partial charge in [-0.05, 0) is 41.9 Å². The monoisotopic (exact) mass is 386 g/mol. The summed E-state index contributed by atoms with van der Waals surface area (Å²) in [5.41, 5.74) is 2.68.